The second-order valence-corrected chi connectivity index (χ2v) is 7.31. The molecule has 3 rings (SSSR count). The molecule has 0 unspecified atom stereocenters. The van der Waals surface area contributed by atoms with E-state index in [0.717, 1.165) is 27.5 Å². The fraction of sp³-hybridized carbons (Fsp3) is 0.375. The number of aryl methyl sites for hydroxylation is 1. The van der Waals surface area contributed by atoms with E-state index in [1.54, 1.807) is 4.52 Å². The smallest absolute Gasteiger partial charge is 0.321 e. The Kier molecular flexibility index (Phi) is 4.96. The second-order valence-electron chi connectivity index (χ2n) is 5.34. The summed E-state index contributed by atoms with van der Waals surface area (Å²) in [5.41, 5.74) is 1.25. The first-order chi connectivity index (χ1) is 11.1. The lowest BCUT2D eigenvalue weighted by molar-refractivity contribution is -0.598. The van der Waals surface area contributed by atoms with Gasteiger partial charge in [0, 0.05) is 23.0 Å². The largest absolute Gasteiger partial charge is 0.856 e. The van der Waals surface area contributed by atoms with Gasteiger partial charge in [-0.25, -0.2) is 4.98 Å². The van der Waals surface area contributed by atoms with Gasteiger partial charge in [0.1, 0.15) is 0 Å². The average Bonchev–Trinajstić information content (AvgIpc) is 2.52. The van der Waals surface area contributed by atoms with Gasteiger partial charge in [-0.15, -0.1) is 0 Å². The van der Waals surface area contributed by atoms with E-state index in [1.165, 1.54) is 24.6 Å². The molecule has 3 aromatic rings. The van der Waals surface area contributed by atoms with Crippen LogP contribution >= 0.6 is 27.7 Å². The lowest BCUT2D eigenvalue weighted by Gasteiger charge is -2.10. The maximum Gasteiger partial charge on any atom is 0.321 e. The third kappa shape index (κ3) is 3.40. The minimum absolute atomic E-state index is 0.258. The molecule has 2 aromatic heterocycles. The molecule has 0 radical (unpaired) electrons. The van der Waals surface area contributed by atoms with Gasteiger partial charge in [0.15, 0.2) is 11.0 Å². The molecule has 0 aliphatic rings. The lowest BCUT2D eigenvalue weighted by atomic mass is 10.2. The van der Waals surface area contributed by atoms with Gasteiger partial charge in [-0.3, -0.25) is 0 Å². The van der Waals surface area contributed by atoms with Crippen LogP contribution in [0.25, 0.3) is 16.4 Å². The van der Waals surface area contributed by atoms with E-state index in [2.05, 4.69) is 37.9 Å². The Bertz CT molecular complexity index is 872. The zero-order valence-electron chi connectivity index (χ0n) is 13.0. The summed E-state index contributed by atoms with van der Waals surface area (Å²) in [6, 6.07) is 5.68. The van der Waals surface area contributed by atoms with Crippen molar-refractivity contribution < 1.29 is 9.62 Å². The highest BCUT2D eigenvalue weighted by molar-refractivity contribution is 9.10. The molecule has 0 aliphatic heterocycles. The van der Waals surface area contributed by atoms with E-state index in [9.17, 15) is 5.11 Å². The monoisotopic (exact) mass is 392 g/mol. The molecule has 5 nitrogen and oxygen atoms in total. The highest BCUT2D eigenvalue weighted by Gasteiger charge is 2.18. The Labute approximate surface area is 147 Å². The van der Waals surface area contributed by atoms with Crippen molar-refractivity contribution >= 4 is 44.1 Å². The molecule has 1 aromatic carbocycles. The van der Waals surface area contributed by atoms with Crippen molar-refractivity contribution in [2.24, 2.45) is 0 Å². The molecular formula is C16H17BrN4OS. The number of rotatable bonds is 5. The molecule has 0 spiro atoms. The van der Waals surface area contributed by atoms with Crippen molar-refractivity contribution in [2.45, 2.75) is 38.3 Å². The molecule has 0 N–H and O–H groups in total. The summed E-state index contributed by atoms with van der Waals surface area (Å²) in [7, 11) is 0. The molecular weight excluding hydrogens is 376 g/mol. The van der Waals surface area contributed by atoms with Crippen molar-refractivity contribution in [3.05, 3.63) is 28.5 Å². The van der Waals surface area contributed by atoms with Crippen LogP contribution in [-0.2, 0) is 0 Å². The van der Waals surface area contributed by atoms with Crippen LogP contribution in [0.4, 0.5) is 0 Å². The zero-order valence-corrected chi connectivity index (χ0v) is 15.4. The van der Waals surface area contributed by atoms with Crippen molar-refractivity contribution in [1.82, 2.24) is 15.1 Å². The Morgan fingerprint density at radius 2 is 2.09 bits per heavy atom. The van der Waals surface area contributed by atoms with Crippen LogP contribution in [0, 0.1) is 6.92 Å². The van der Waals surface area contributed by atoms with Gasteiger partial charge in [0.2, 0.25) is 5.16 Å². The molecule has 0 atom stereocenters. The summed E-state index contributed by atoms with van der Waals surface area (Å²) < 4.78 is 2.52. The SMILES string of the molecule is CCCCCSc1nc([O-])c2c3cc(Br)ccc3nc(C)[n+]2n1. The van der Waals surface area contributed by atoms with Gasteiger partial charge in [-0.1, -0.05) is 57.1 Å². The number of unbranched alkanes of at least 4 members (excludes halogenated alkanes) is 2. The second kappa shape index (κ2) is 6.97. The highest BCUT2D eigenvalue weighted by atomic mass is 79.9. The molecule has 0 saturated heterocycles. The summed E-state index contributed by atoms with van der Waals surface area (Å²) in [6.07, 6.45) is 3.45. The Morgan fingerprint density at radius 1 is 1.26 bits per heavy atom. The number of thioether (sulfide) groups is 1. The maximum atomic E-state index is 12.5. The highest BCUT2D eigenvalue weighted by Crippen LogP contribution is 2.25. The fourth-order valence-corrected chi connectivity index (χ4v) is 3.62. The van der Waals surface area contributed by atoms with Gasteiger partial charge in [0.25, 0.3) is 0 Å². The van der Waals surface area contributed by atoms with Crippen molar-refractivity contribution in [1.29, 1.82) is 0 Å². The van der Waals surface area contributed by atoms with Gasteiger partial charge < -0.3 is 5.11 Å². The van der Waals surface area contributed by atoms with Gasteiger partial charge >= 0.3 is 5.82 Å². The van der Waals surface area contributed by atoms with Crippen LogP contribution in [0.1, 0.15) is 32.0 Å². The first kappa shape index (κ1) is 16.4. The predicted molar refractivity (Wildman–Crippen MR) is 92.6 cm³/mol. The number of halogens is 1. The van der Waals surface area contributed by atoms with Gasteiger partial charge in [0.05, 0.1) is 5.39 Å². The maximum absolute atomic E-state index is 12.5. The number of benzene rings is 1. The van der Waals surface area contributed by atoms with E-state index in [-0.39, 0.29) is 5.88 Å². The van der Waals surface area contributed by atoms with Crippen LogP contribution < -0.4 is 9.62 Å². The topological polar surface area (TPSA) is 65.8 Å². The van der Waals surface area contributed by atoms with E-state index >= 15 is 0 Å². The van der Waals surface area contributed by atoms with Crippen LogP contribution in [0.3, 0.4) is 0 Å². The molecule has 0 saturated carbocycles. The minimum atomic E-state index is -0.258. The lowest BCUT2D eigenvalue weighted by Crippen LogP contribution is -2.34. The first-order valence-electron chi connectivity index (χ1n) is 7.60. The summed E-state index contributed by atoms with van der Waals surface area (Å²) in [5, 5.41) is 18.3. The minimum Gasteiger partial charge on any atom is -0.856 e. The Hall–Kier alpha value is -1.47. The van der Waals surface area contributed by atoms with Crippen LogP contribution in [0.15, 0.2) is 27.8 Å². The standard InChI is InChI=1S/C16H17BrN4OS/c1-3-4-5-8-23-16-19-15(22)14-12-9-11(17)6-7-13(12)18-10(2)21(14)20-16/h6-7,9H,3-5,8H2,1-2H3. The molecule has 0 amide bonds. The third-order valence-corrected chi connectivity index (χ3v) is 5.00. The number of hydrogen-bond donors (Lipinski definition) is 0. The molecule has 2 heterocycles. The Morgan fingerprint density at radius 3 is 2.87 bits per heavy atom. The van der Waals surface area contributed by atoms with Crippen LogP contribution in [0.2, 0.25) is 0 Å². The molecule has 7 heteroatoms. The third-order valence-electron chi connectivity index (χ3n) is 3.58. The number of hydrogen-bond acceptors (Lipinski definition) is 5. The predicted octanol–water partition coefficient (Wildman–Crippen LogP) is 3.19. The zero-order chi connectivity index (χ0) is 16.4. The quantitative estimate of drug-likeness (QED) is 0.288. The average molecular weight is 393 g/mol. The van der Waals surface area contributed by atoms with E-state index in [1.807, 2.05) is 25.1 Å². The van der Waals surface area contributed by atoms with Gasteiger partial charge in [-0.05, 0) is 29.6 Å². The number of aromatic nitrogens is 4. The first-order valence-corrected chi connectivity index (χ1v) is 9.37. The normalized spacial score (nSPS) is 11.4. The molecule has 0 bridgehead atoms. The molecule has 120 valence electrons. The van der Waals surface area contributed by atoms with Gasteiger partial charge in [-0.2, -0.15) is 0 Å². The summed E-state index contributed by atoms with van der Waals surface area (Å²) in [6.45, 7) is 4.02. The van der Waals surface area contributed by atoms with Crippen LogP contribution in [-0.4, -0.2) is 20.8 Å². The summed E-state index contributed by atoms with van der Waals surface area (Å²) >= 11 is 4.97. The van der Waals surface area contributed by atoms with Crippen LogP contribution in [0.5, 0.6) is 5.88 Å². The van der Waals surface area contributed by atoms with Crippen molar-refractivity contribution in [2.75, 3.05) is 5.75 Å². The van der Waals surface area contributed by atoms with E-state index in [0.29, 0.717) is 16.5 Å². The van der Waals surface area contributed by atoms with Crippen molar-refractivity contribution in [3.8, 4) is 5.88 Å². The molecule has 0 fully saturated rings. The number of fused-ring (bicyclic) bond motifs is 3. The Balaban J connectivity index is 2.10. The van der Waals surface area contributed by atoms with E-state index in [4.69, 9.17) is 0 Å². The summed E-state index contributed by atoms with van der Waals surface area (Å²) in [4.78, 5) is 8.69. The van der Waals surface area contributed by atoms with E-state index < -0.39 is 0 Å². The summed E-state index contributed by atoms with van der Waals surface area (Å²) in [5.74, 6) is 1.35. The number of nitrogens with zero attached hydrogens (tertiary/aromatic N) is 4. The van der Waals surface area contributed by atoms with Crippen molar-refractivity contribution in [3.63, 3.8) is 0 Å². The molecule has 0 aliphatic carbocycles. The fourth-order valence-electron chi connectivity index (χ4n) is 2.45. The molecule has 23 heavy (non-hydrogen) atoms.